The molecule has 3 rings (SSSR count). The summed E-state index contributed by atoms with van der Waals surface area (Å²) < 4.78 is 0. The Bertz CT molecular complexity index is 398. The molecule has 2 heterocycles. The minimum Gasteiger partial charge on any atom is -0.308 e. The van der Waals surface area contributed by atoms with Crippen LogP contribution in [0.1, 0.15) is 36.8 Å². The molecule has 2 aliphatic heterocycles. The number of piperidine rings is 1. The third kappa shape index (κ3) is 2.32. The summed E-state index contributed by atoms with van der Waals surface area (Å²) in [6.45, 7) is 3.16. The molecular formula is C16H24N2. The number of hydrogen-bond acceptors (Lipinski definition) is 2. The highest BCUT2D eigenvalue weighted by atomic mass is 15.2. The number of rotatable bonds is 3. The Balaban J connectivity index is 1.58. The van der Waals surface area contributed by atoms with E-state index in [0.29, 0.717) is 6.04 Å². The fraction of sp³-hybridized carbons (Fsp3) is 0.625. The molecule has 2 aliphatic rings. The van der Waals surface area contributed by atoms with E-state index in [0.717, 1.165) is 18.6 Å². The molecule has 2 fully saturated rings. The monoisotopic (exact) mass is 244 g/mol. The molecule has 2 saturated heterocycles. The van der Waals surface area contributed by atoms with Gasteiger partial charge in [0.15, 0.2) is 0 Å². The normalized spacial score (nSPS) is 31.8. The Kier molecular flexibility index (Phi) is 3.40. The third-order valence-electron chi connectivity index (χ3n) is 4.86. The number of benzene rings is 1. The zero-order chi connectivity index (χ0) is 12.5. The van der Waals surface area contributed by atoms with Gasteiger partial charge in [0, 0.05) is 24.7 Å². The van der Waals surface area contributed by atoms with Crippen molar-refractivity contribution < 1.29 is 0 Å². The molecule has 0 aromatic heterocycles. The van der Waals surface area contributed by atoms with Crippen LogP contribution in [0.15, 0.2) is 24.3 Å². The molecule has 3 atom stereocenters. The van der Waals surface area contributed by atoms with Gasteiger partial charge in [-0.25, -0.2) is 0 Å². The second-order valence-electron chi connectivity index (χ2n) is 6.01. The van der Waals surface area contributed by atoms with Gasteiger partial charge in [0.25, 0.3) is 0 Å². The molecule has 0 radical (unpaired) electrons. The van der Waals surface area contributed by atoms with Gasteiger partial charge in [0.1, 0.15) is 0 Å². The fourth-order valence-corrected chi connectivity index (χ4v) is 3.63. The highest BCUT2D eigenvalue weighted by molar-refractivity contribution is 5.21. The summed E-state index contributed by atoms with van der Waals surface area (Å²) in [5, 5.41) is 3.77. The van der Waals surface area contributed by atoms with E-state index in [1.165, 1.54) is 36.8 Å². The minimum absolute atomic E-state index is 0.690. The SMILES string of the molecule is Cc1ccc(CNC2CC[C@H]3CC[C@@H]2N3C)cc1. The van der Waals surface area contributed by atoms with Crippen LogP contribution >= 0.6 is 0 Å². The lowest BCUT2D eigenvalue weighted by atomic mass is 9.97. The van der Waals surface area contributed by atoms with Gasteiger partial charge < -0.3 is 5.32 Å². The first-order chi connectivity index (χ1) is 8.74. The first kappa shape index (κ1) is 12.2. The van der Waals surface area contributed by atoms with Crippen LogP contribution in [-0.2, 0) is 6.54 Å². The molecule has 1 aromatic rings. The van der Waals surface area contributed by atoms with Crippen molar-refractivity contribution in [1.82, 2.24) is 10.2 Å². The predicted molar refractivity (Wildman–Crippen MR) is 75.6 cm³/mol. The minimum atomic E-state index is 0.690. The predicted octanol–water partition coefficient (Wildman–Crippen LogP) is 2.71. The maximum absolute atomic E-state index is 3.77. The van der Waals surface area contributed by atoms with Crippen molar-refractivity contribution in [2.75, 3.05) is 7.05 Å². The van der Waals surface area contributed by atoms with E-state index < -0.39 is 0 Å². The van der Waals surface area contributed by atoms with Crippen LogP contribution < -0.4 is 5.32 Å². The molecule has 1 N–H and O–H groups in total. The van der Waals surface area contributed by atoms with Gasteiger partial charge >= 0.3 is 0 Å². The Labute approximate surface area is 110 Å². The van der Waals surface area contributed by atoms with Crippen molar-refractivity contribution >= 4 is 0 Å². The number of nitrogens with zero attached hydrogens (tertiary/aromatic N) is 1. The molecule has 18 heavy (non-hydrogen) atoms. The average Bonchev–Trinajstić information content (AvgIpc) is 2.62. The summed E-state index contributed by atoms with van der Waals surface area (Å²) in [4.78, 5) is 2.61. The van der Waals surface area contributed by atoms with Crippen LogP contribution in [0.3, 0.4) is 0 Å². The molecular weight excluding hydrogens is 220 g/mol. The summed E-state index contributed by atoms with van der Waals surface area (Å²) in [6.07, 6.45) is 5.51. The summed E-state index contributed by atoms with van der Waals surface area (Å²) in [5.74, 6) is 0. The molecule has 98 valence electrons. The number of likely N-dealkylation sites (N-methyl/N-ethyl adjacent to an activating group) is 1. The van der Waals surface area contributed by atoms with Crippen molar-refractivity contribution in [3.8, 4) is 0 Å². The molecule has 2 nitrogen and oxygen atoms in total. The fourth-order valence-electron chi connectivity index (χ4n) is 3.63. The molecule has 0 spiro atoms. The topological polar surface area (TPSA) is 15.3 Å². The molecule has 0 saturated carbocycles. The van der Waals surface area contributed by atoms with Gasteiger partial charge in [0.2, 0.25) is 0 Å². The number of aryl methyl sites for hydroxylation is 1. The summed E-state index contributed by atoms with van der Waals surface area (Å²) in [5.41, 5.74) is 2.75. The quantitative estimate of drug-likeness (QED) is 0.879. The van der Waals surface area contributed by atoms with Crippen molar-refractivity contribution in [3.63, 3.8) is 0 Å². The van der Waals surface area contributed by atoms with Gasteiger partial charge in [-0.3, -0.25) is 4.90 Å². The molecule has 1 unspecified atom stereocenters. The Morgan fingerprint density at radius 3 is 2.61 bits per heavy atom. The van der Waals surface area contributed by atoms with Crippen LogP contribution in [0.5, 0.6) is 0 Å². The van der Waals surface area contributed by atoms with Gasteiger partial charge in [-0.15, -0.1) is 0 Å². The first-order valence-corrected chi connectivity index (χ1v) is 7.25. The lowest BCUT2D eigenvalue weighted by molar-refractivity contribution is 0.139. The lowest BCUT2D eigenvalue weighted by Gasteiger charge is -2.38. The Morgan fingerprint density at radius 1 is 1.11 bits per heavy atom. The zero-order valence-corrected chi connectivity index (χ0v) is 11.5. The second-order valence-corrected chi connectivity index (χ2v) is 6.01. The van der Waals surface area contributed by atoms with Gasteiger partial charge in [-0.2, -0.15) is 0 Å². The molecule has 0 amide bonds. The number of fused-ring (bicyclic) bond motifs is 2. The molecule has 2 bridgehead atoms. The highest BCUT2D eigenvalue weighted by Crippen LogP contribution is 2.34. The van der Waals surface area contributed by atoms with Crippen LogP contribution in [-0.4, -0.2) is 30.1 Å². The van der Waals surface area contributed by atoms with E-state index in [4.69, 9.17) is 0 Å². The van der Waals surface area contributed by atoms with Crippen molar-refractivity contribution in [3.05, 3.63) is 35.4 Å². The Morgan fingerprint density at radius 2 is 1.83 bits per heavy atom. The van der Waals surface area contributed by atoms with E-state index in [1.54, 1.807) is 0 Å². The molecule has 2 heteroatoms. The largest absolute Gasteiger partial charge is 0.308 e. The average molecular weight is 244 g/mol. The standard InChI is InChI=1S/C16H24N2/c1-12-3-5-13(6-4-12)11-17-15-9-7-14-8-10-16(15)18(14)2/h3-6,14-17H,7-11H2,1-2H3/t14-,15?,16-/m0/s1. The highest BCUT2D eigenvalue weighted by Gasteiger charge is 2.39. The number of hydrogen-bond donors (Lipinski definition) is 1. The molecule has 0 aliphatic carbocycles. The lowest BCUT2D eigenvalue weighted by Crippen LogP contribution is -2.51. The first-order valence-electron chi connectivity index (χ1n) is 7.25. The van der Waals surface area contributed by atoms with E-state index >= 15 is 0 Å². The van der Waals surface area contributed by atoms with Crippen LogP contribution in [0.2, 0.25) is 0 Å². The van der Waals surface area contributed by atoms with Crippen molar-refractivity contribution in [2.24, 2.45) is 0 Å². The van der Waals surface area contributed by atoms with Crippen LogP contribution in [0.25, 0.3) is 0 Å². The van der Waals surface area contributed by atoms with Crippen molar-refractivity contribution in [2.45, 2.75) is 57.3 Å². The third-order valence-corrected chi connectivity index (χ3v) is 4.86. The molecule has 1 aromatic carbocycles. The Hall–Kier alpha value is -0.860. The summed E-state index contributed by atoms with van der Waals surface area (Å²) in [6, 6.07) is 11.2. The van der Waals surface area contributed by atoms with Crippen molar-refractivity contribution in [1.29, 1.82) is 0 Å². The van der Waals surface area contributed by atoms with Gasteiger partial charge in [0.05, 0.1) is 0 Å². The second kappa shape index (κ2) is 5.02. The van der Waals surface area contributed by atoms with Crippen LogP contribution in [0, 0.1) is 6.92 Å². The van der Waals surface area contributed by atoms with Crippen LogP contribution in [0.4, 0.5) is 0 Å². The maximum atomic E-state index is 3.77. The number of nitrogens with one attached hydrogen (secondary N) is 1. The maximum Gasteiger partial charge on any atom is 0.0249 e. The van der Waals surface area contributed by atoms with Gasteiger partial charge in [-0.1, -0.05) is 29.8 Å². The summed E-state index contributed by atoms with van der Waals surface area (Å²) >= 11 is 0. The smallest absolute Gasteiger partial charge is 0.0249 e. The van der Waals surface area contributed by atoms with E-state index in [1.807, 2.05) is 0 Å². The van der Waals surface area contributed by atoms with E-state index in [2.05, 4.69) is 48.5 Å². The zero-order valence-electron chi connectivity index (χ0n) is 11.5. The summed E-state index contributed by atoms with van der Waals surface area (Å²) in [7, 11) is 2.31. The van der Waals surface area contributed by atoms with E-state index in [9.17, 15) is 0 Å². The van der Waals surface area contributed by atoms with E-state index in [-0.39, 0.29) is 0 Å². The van der Waals surface area contributed by atoms with Gasteiger partial charge in [-0.05, 0) is 45.2 Å².